The first-order valence-electron chi connectivity index (χ1n) is 5.61. The van der Waals surface area contributed by atoms with Crippen molar-refractivity contribution >= 4 is 45.8 Å². The Kier molecular flexibility index (Phi) is 3.36. The molecule has 1 aromatic carbocycles. The van der Waals surface area contributed by atoms with Gasteiger partial charge in [-0.3, -0.25) is 4.98 Å². The van der Waals surface area contributed by atoms with Gasteiger partial charge in [-0.1, -0.05) is 0 Å². The highest BCUT2D eigenvalue weighted by molar-refractivity contribution is 14.1. The van der Waals surface area contributed by atoms with Crippen molar-refractivity contribution in [2.24, 2.45) is 0 Å². The Balaban J connectivity index is 2.16. The van der Waals surface area contributed by atoms with Crippen LogP contribution in [0.2, 0.25) is 0 Å². The minimum atomic E-state index is -0.231. The first-order chi connectivity index (χ1) is 9.15. The van der Waals surface area contributed by atoms with Crippen molar-refractivity contribution in [2.45, 2.75) is 6.54 Å². The summed E-state index contributed by atoms with van der Waals surface area (Å²) in [6, 6.07) is 7.13. The Morgan fingerprint density at radius 3 is 2.79 bits per heavy atom. The molecule has 0 bridgehead atoms. The van der Waals surface area contributed by atoms with Crippen molar-refractivity contribution in [3.05, 3.63) is 56.4 Å². The summed E-state index contributed by atoms with van der Waals surface area (Å²) in [6.07, 6.45) is 3.47. The number of hydrogen-bond acceptors (Lipinski definition) is 2. The first kappa shape index (κ1) is 12.7. The van der Waals surface area contributed by atoms with Crippen LogP contribution in [0.15, 0.2) is 36.7 Å². The molecule has 0 spiro atoms. The quantitative estimate of drug-likeness (QED) is 0.537. The molecule has 1 N–H and O–H groups in total. The van der Waals surface area contributed by atoms with Crippen molar-refractivity contribution in [1.82, 2.24) is 14.5 Å². The van der Waals surface area contributed by atoms with E-state index in [2.05, 4.69) is 9.97 Å². The lowest BCUT2D eigenvalue weighted by Gasteiger charge is -2.05. The molecule has 3 aromatic rings. The van der Waals surface area contributed by atoms with Gasteiger partial charge in [-0.05, 0) is 58.6 Å². The summed E-state index contributed by atoms with van der Waals surface area (Å²) in [4.78, 5) is 7.09. The normalized spacial score (nSPS) is 11.1. The maximum Gasteiger partial charge on any atom is 0.178 e. The number of hydrogen-bond donors (Lipinski definition) is 1. The van der Waals surface area contributed by atoms with Gasteiger partial charge < -0.3 is 9.55 Å². The van der Waals surface area contributed by atoms with Crippen molar-refractivity contribution < 1.29 is 4.39 Å². The molecule has 0 aliphatic carbocycles. The number of aromatic nitrogens is 3. The van der Waals surface area contributed by atoms with Crippen LogP contribution in [-0.2, 0) is 6.54 Å². The Bertz CT molecular complexity index is 795. The van der Waals surface area contributed by atoms with E-state index in [1.54, 1.807) is 18.5 Å². The molecular weight excluding hydrogens is 376 g/mol. The number of H-pyrrole nitrogens is 1. The van der Waals surface area contributed by atoms with Crippen molar-refractivity contribution in [1.29, 1.82) is 0 Å². The van der Waals surface area contributed by atoms with Gasteiger partial charge in [0, 0.05) is 18.5 Å². The molecule has 0 unspecified atom stereocenters. The Hall–Kier alpha value is -1.28. The van der Waals surface area contributed by atoms with Gasteiger partial charge >= 0.3 is 0 Å². The molecule has 0 radical (unpaired) electrons. The van der Waals surface area contributed by atoms with E-state index in [0.29, 0.717) is 14.9 Å². The fourth-order valence-electron chi connectivity index (χ4n) is 1.98. The van der Waals surface area contributed by atoms with Crippen LogP contribution in [-0.4, -0.2) is 14.5 Å². The second-order valence-corrected chi connectivity index (χ2v) is 5.70. The van der Waals surface area contributed by atoms with Gasteiger partial charge in [0.1, 0.15) is 5.82 Å². The van der Waals surface area contributed by atoms with Crippen LogP contribution in [0, 0.1) is 14.2 Å². The minimum absolute atomic E-state index is 0.231. The molecule has 3 rings (SSSR count). The predicted octanol–water partition coefficient (Wildman–Crippen LogP) is 3.89. The van der Waals surface area contributed by atoms with Gasteiger partial charge in [0.15, 0.2) is 4.77 Å². The van der Waals surface area contributed by atoms with Gasteiger partial charge in [0.2, 0.25) is 0 Å². The largest absolute Gasteiger partial charge is 0.331 e. The van der Waals surface area contributed by atoms with Gasteiger partial charge in [-0.2, -0.15) is 0 Å². The van der Waals surface area contributed by atoms with Crippen LogP contribution in [0.1, 0.15) is 5.56 Å². The Labute approximate surface area is 127 Å². The monoisotopic (exact) mass is 385 g/mol. The highest BCUT2D eigenvalue weighted by atomic mass is 127. The lowest BCUT2D eigenvalue weighted by Crippen LogP contribution is -2.00. The average Bonchev–Trinajstić information content (AvgIpc) is 2.68. The molecule has 2 aromatic heterocycles. The zero-order valence-electron chi connectivity index (χ0n) is 9.73. The molecule has 2 heterocycles. The molecule has 0 aliphatic heterocycles. The fraction of sp³-hybridized carbons (Fsp3) is 0.0769. The summed E-state index contributed by atoms with van der Waals surface area (Å²) in [5, 5.41) is 0. The highest BCUT2D eigenvalue weighted by Crippen LogP contribution is 2.21. The summed E-state index contributed by atoms with van der Waals surface area (Å²) >= 11 is 7.28. The smallest absolute Gasteiger partial charge is 0.178 e. The summed E-state index contributed by atoms with van der Waals surface area (Å²) < 4.78 is 16.8. The topological polar surface area (TPSA) is 33.6 Å². The average molecular weight is 385 g/mol. The number of nitrogens with one attached hydrogen (secondary N) is 1. The number of benzene rings is 1. The summed E-state index contributed by atoms with van der Waals surface area (Å²) in [7, 11) is 0. The van der Waals surface area contributed by atoms with E-state index in [9.17, 15) is 4.39 Å². The number of nitrogens with zero attached hydrogens (tertiary/aromatic N) is 2. The van der Waals surface area contributed by atoms with Crippen LogP contribution in [0.25, 0.3) is 11.0 Å². The lowest BCUT2D eigenvalue weighted by molar-refractivity contribution is 0.621. The van der Waals surface area contributed by atoms with Crippen molar-refractivity contribution in [3.63, 3.8) is 0 Å². The van der Waals surface area contributed by atoms with E-state index in [1.165, 1.54) is 6.07 Å². The van der Waals surface area contributed by atoms with Gasteiger partial charge in [0.05, 0.1) is 21.1 Å². The number of halogens is 2. The third-order valence-electron chi connectivity index (χ3n) is 2.91. The zero-order chi connectivity index (χ0) is 13.4. The number of fused-ring (bicyclic) bond motifs is 1. The van der Waals surface area contributed by atoms with E-state index in [0.717, 1.165) is 16.6 Å². The summed E-state index contributed by atoms with van der Waals surface area (Å²) in [5.41, 5.74) is 2.70. The minimum Gasteiger partial charge on any atom is -0.331 e. The van der Waals surface area contributed by atoms with Crippen molar-refractivity contribution in [3.8, 4) is 0 Å². The molecule has 19 heavy (non-hydrogen) atoms. The number of rotatable bonds is 2. The van der Waals surface area contributed by atoms with Crippen molar-refractivity contribution in [2.75, 3.05) is 0 Å². The maximum atomic E-state index is 13.7. The van der Waals surface area contributed by atoms with Gasteiger partial charge in [-0.25, -0.2) is 4.39 Å². The molecule has 96 valence electrons. The number of imidazole rings is 1. The number of pyridine rings is 1. The molecule has 0 fully saturated rings. The van der Waals surface area contributed by atoms with Gasteiger partial charge in [0.25, 0.3) is 0 Å². The van der Waals surface area contributed by atoms with E-state index < -0.39 is 0 Å². The van der Waals surface area contributed by atoms with Crippen LogP contribution in [0.5, 0.6) is 0 Å². The highest BCUT2D eigenvalue weighted by Gasteiger charge is 2.09. The van der Waals surface area contributed by atoms with Crippen LogP contribution in [0.3, 0.4) is 0 Å². The zero-order valence-corrected chi connectivity index (χ0v) is 12.7. The molecule has 6 heteroatoms. The fourth-order valence-corrected chi connectivity index (χ4v) is 2.72. The summed E-state index contributed by atoms with van der Waals surface area (Å²) in [6.45, 7) is 0.599. The number of aromatic amines is 1. The third kappa shape index (κ3) is 2.42. The van der Waals surface area contributed by atoms with Crippen LogP contribution < -0.4 is 0 Å². The second-order valence-electron chi connectivity index (χ2n) is 4.16. The second kappa shape index (κ2) is 5.01. The standard InChI is InChI=1S/C13H9FIN3S/c14-9-5-12-11(6-10(9)15)17-13(19)18(12)7-8-1-3-16-4-2-8/h1-6H,7H2,(H,17,19). The molecule has 3 nitrogen and oxygen atoms in total. The lowest BCUT2D eigenvalue weighted by atomic mass is 10.2. The van der Waals surface area contributed by atoms with E-state index in [-0.39, 0.29) is 5.82 Å². The first-order valence-corrected chi connectivity index (χ1v) is 7.10. The molecular formula is C13H9FIN3S. The predicted molar refractivity (Wildman–Crippen MR) is 83.1 cm³/mol. The Morgan fingerprint density at radius 1 is 1.32 bits per heavy atom. The molecule has 0 atom stereocenters. The Morgan fingerprint density at radius 2 is 2.05 bits per heavy atom. The van der Waals surface area contributed by atoms with Crippen LogP contribution in [0.4, 0.5) is 4.39 Å². The molecule has 0 amide bonds. The van der Waals surface area contributed by atoms with E-state index in [1.807, 2.05) is 39.3 Å². The van der Waals surface area contributed by atoms with Gasteiger partial charge in [-0.15, -0.1) is 0 Å². The van der Waals surface area contributed by atoms with E-state index in [4.69, 9.17) is 12.2 Å². The molecule has 0 saturated heterocycles. The molecule has 0 aliphatic rings. The SMILES string of the molecule is Fc1cc2c(cc1I)[nH]c(=S)n2Cc1ccncc1. The van der Waals surface area contributed by atoms with Crippen LogP contribution >= 0.6 is 34.8 Å². The molecule has 0 saturated carbocycles. The third-order valence-corrected chi connectivity index (χ3v) is 4.06. The maximum absolute atomic E-state index is 13.7. The van der Waals surface area contributed by atoms with E-state index >= 15 is 0 Å². The summed E-state index contributed by atoms with van der Waals surface area (Å²) in [5.74, 6) is -0.231.